The van der Waals surface area contributed by atoms with Crippen molar-refractivity contribution in [1.29, 1.82) is 0 Å². The van der Waals surface area contributed by atoms with Crippen molar-refractivity contribution in [2.45, 2.75) is 26.2 Å². The zero-order valence-corrected chi connectivity index (χ0v) is 17.0. The lowest BCUT2D eigenvalue weighted by atomic mass is 9.88. The first-order valence-electron chi connectivity index (χ1n) is 9.08. The lowest BCUT2D eigenvalue weighted by Crippen LogP contribution is -2.18. The molecule has 2 aromatic rings. The fourth-order valence-corrected chi connectivity index (χ4v) is 4.80. The van der Waals surface area contributed by atoms with Gasteiger partial charge in [0.25, 0.3) is 5.91 Å². The summed E-state index contributed by atoms with van der Waals surface area (Å²) in [5.41, 5.74) is 7.84. The molecule has 0 fully saturated rings. The van der Waals surface area contributed by atoms with E-state index in [1.165, 1.54) is 17.4 Å². The molecule has 1 aliphatic rings. The summed E-state index contributed by atoms with van der Waals surface area (Å²) in [6.45, 7) is 2.19. The maximum absolute atomic E-state index is 12.4. The van der Waals surface area contributed by atoms with E-state index in [1.807, 2.05) is 6.07 Å². The van der Waals surface area contributed by atoms with E-state index in [1.54, 1.807) is 32.4 Å². The number of hydrogen-bond acceptors (Lipinski definition) is 5. The highest BCUT2D eigenvalue weighted by atomic mass is 32.1. The van der Waals surface area contributed by atoms with Gasteiger partial charge < -0.3 is 20.5 Å². The van der Waals surface area contributed by atoms with Crippen LogP contribution in [-0.2, 0) is 17.6 Å². The van der Waals surface area contributed by atoms with Gasteiger partial charge in [-0.2, -0.15) is 0 Å². The summed E-state index contributed by atoms with van der Waals surface area (Å²) in [4.78, 5) is 25.5. The number of carbonyl (C=O) groups is 2. The molecule has 0 spiro atoms. The molecule has 2 amide bonds. The molecule has 0 radical (unpaired) electrons. The fraction of sp³-hybridized carbons (Fsp3) is 0.333. The Balaban J connectivity index is 1.78. The zero-order valence-electron chi connectivity index (χ0n) is 16.2. The van der Waals surface area contributed by atoms with Crippen LogP contribution in [0.3, 0.4) is 0 Å². The molecule has 1 aromatic heterocycles. The standard InChI is InChI=1S/C21H24N2O4S/c1-12-4-7-14-17(10-12)28-21(19(14)20(22)25)23-18(24)9-6-13-5-8-15(26-2)16(11-13)27-3/h5-6,8-9,11-12H,4,7,10H2,1-3H3,(H2,22,25)(H,23,24)/b9-6+/t12-/m1/s1. The van der Waals surface area contributed by atoms with Crippen LogP contribution >= 0.6 is 11.3 Å². The highest BCUT2D eigenvalue weighted by Crippen LogP contribution is 2.39. The maximum atomic E-state index is 12.4. The molecular weight excluding hydrogens is 376 g/mol. The Morgan fingerprint density at radius 2 is 2.00 bits per heavy atom. The number of carbonyl (C=O) groups excluding carboxylic acids is 2. The van der Waals surface area contributed by atoms with Gasteiger partial charge in [-0.05, 0) is 54.5 Å². The molecule has 148 valence electrons. The van der Waals surface area contributed by atoms with E-state index in [4.69, 9.17) is 15.2 Å². The second kappa shape index (κ2) is 8.48. The number of nitrogens with two attached hydrogens (primary N) is 1. The molecule has 0 bridgehead atoms. The van der Waals surface area contributed by atoms with E-state index >= 15 is 0 Å². The summed E-state index contributed by atoms with van der Waals surface area (Å²) in [5, 5.41) is 3.36. The van der Waals surface area contributed by atoms with Gasteiger partial charge in [0.15, 0.2) is 11.5 Å². The number of rotatable bonds is 6. The first-order chi connectivity index (χ1) is 13.4. The molecule has 1 aliphatic carbocycles. The monoisotopic (exact) mass is 400 g/mol. The Bertz CT molecular complexity index is 933. The number of anilines is 1. The molecule has 0 unspecified atom stereocenters. The van der Waals surface area contributed by atoms with Crippen LogP contribution in [0.1, 0.15) is 39.7 Å². The van der Waals surface area contributed by atoms with Crippen molar-refractivity contribution in [2.75, 3.05) is 19.5 Å². The topological polar surface area (TPSA) is 90.6 Å². The molecule has 1 aromatic carbocycles. The van der Waals surface area contributed by atoms with Gasteiger partial charge >= 0.3 is 0 Å². The van der Waals surface area contributed by atoms with Crippen LogP contribution in [0.15, 0.2) is 24.3 Å². The van der Waals surface area contributed by atoms with Gasteiger partial charge in [0.05, 0.1) is 19.8 Å². The molecule has 0 saturated carbocycles. The van der Waals surface area contributed by atoms with Crippen LogP contribution in [0.5, 0.6) is 11.5 Å². The third-order valence-electron chi connectivity index (χ3n) is 4.83. The molecule has 1 atom stereocenters. The van der Waals surface area contributed by atoms with Crippen LogP contribution in [-0.4, -0.2) is 26.0 Å². The Kier molecular flexibility index (Phi) is 6.04. The fourth-order valence-electron chi connectivity index (χ4n) is 3.38. The second-order valence-corrected chi connectivity index (χ2v) is 7.96. The van der Waals surface area contributed by atoms with Crippen molar-refractivity contribution in [3.8, 4) is 11.5 Å². The van der Waals surface area contributed by atoms with E-state index in [-0.39, 0.29) is 5.91 Å². The molecule has 6 nitrogen and oxygen atoms in total. The number of methoxy groups -OCH3 is 2. The smallest absolute Gasteiger partial charge is 0.251 e. The van der Waals surface area contributed by atoms with Crippen LogP contribution in [0, 0.1) is 5.92 Å². The molecule has 1 heterocycles. The van der Waals surface area contributed by atoms with E-state index in [0.29, 0.717) is 28.0 Å². The molecular formula is C21H24N2O4S. The summed E-state index contributed by atoms with van der Waals surface area (Å²) in [5.74, 6) is 0.963. The Hall–Kier alpha value is -2.80. The Morgan fingerprint density at radius 3 is 2.68 bits per heavy atom. The van der Waals surface area contributed by atoms with Gasteiger partial charge in [0.1, 0.15) is 5.00 Å². The third kappa shape index (κ3) is 4.20. The minimum absolute atomic E-state index is 0.316. The van der Waals surface area contributed by atoms with E-state index < -0.39 is 5.91 Å². The quantitative estimate of drug-likeness (QED) is 0.724. The number of nitrogens with one attached hydrogen (secondary N) is 1. The van der Waals surface area contributed by atoms with Gasteiger partial charge in [0.2, 0.25) is 5.91 Å². The minimum atomic E-state index is -0.494. The summed E-state index contributed by atoms with van der Waals surface area (Å²) in [6.07, 6.45) is 5.86. The van der Waals surface area contributed by atoms with Crippen LogP contribution in [0.25, 0.3) is 6.08 Å². The van der Waals surface area contributed by atoms with Gasteiger partial charge in [-0.1, -0.05) is 13.0 Å². The van der Waals surface area contributed by atoms with Crippen molar-refractivity contribution in [3.63, 3.8) is 0 Å². The second-order valence-electron chi connectivity index (χ2n) is 6.86. The van der Waals surface area contributed by atoms with Crippen molar-refractivity contribution in [1.82, 2.24) is 0 Å². The predicted molar refractivity (Wildman–Crippen MR) is 111 cm³/mol. The number of primary amides is 1. The zero-order chi connectivity index (χ0) is 20.3. The normalized spacial score (nSPS) is 15.9. The first kappa shape index (κ1) is 19.9. The van der Waals surface area contributed by atoms with Crippen LogP contribution in [0.4, 0.5) is 5.00 Å². The average molecular weight is 401 g/mol. The molecule has 0 saturated heterocycles. The van der Waals surface area contributed by atoms with Gasteiger partial charge in [0, 0.05) is 11.0 Å². The van der Waals surface area contributed by atoms with Gasteiger partial charge in [-0.3, -0.25) is 9.59 Å². The number of benzene rings is 1. The highest BCUT2D eigenvalue weighted by Gasteiger charge is 2.26. The lowest BCUT2D eigenvalue weighted by Gasteiger charge is -2.18. The van der Waals surface area contributed by atoms with Crippen molar-refractivity contribution < 1.29 is 19.1 Å². The van der Waals surface area contributed by atoms with E-state index in [9.17, 15) is 9.59 Å². The van der Waals surface area contributed by atoms with Gasteiger partial charge in [-0.25, -0.2) is 0 Å². The SMILES string of the molecule is COc1ccc(/C=C/C(=O)Nc2sc3c(c2C(N)=O)CC[C@@H](C)C3)cc1OC. The third-order valence-corrected chi connectivity index (χ3v) is 6.00. The number of thiophene rings is 1. The Labute approximate surface area is 168 Å². The summed E-state index contributed by atoms with van der Waals surface area (Å²) in [7, 11) is 3.13. The number of hydrogen-bond donors (Lipinski definition) is 2. The number of fused-ring (bicyclic) bond motifs is 1. The molecule has 0 aliphatic heterocycles. The largest absolute Gasteiger partial charge is 0.493 e. The minimum Gasteiger partial charge on any atom is -0.493 e. The summed E-state index contributed by atoms with van der Waals surface area (Å²) in [6, 6.07) is 5.38. The van der Waals surface area contributed by atoms with Crippen molar-refractivity contribution in [2.24, 2.45) is 11.7 Å². The van der Waals surface area contributed by atoms with E-state index in [0.717, 1.165) is 35.3 Å². The summed E-state index contributed by atoms with van der Waals surface area (Å²) < 4.78 is 10.5. The van der Waals surface area contributed by atoms with E-state index in [2.05, 4.69) is 12.2 Å². The van der Waals surface area contributed by atoms with Crippen LogP contribution < -0.4 is 20.5 Å². The highest BCUT2D eigenvalue weighted by molar-refractivity contribution is 7.17. The van der Waals surface area contributed by atoms with Crippen LogP contribution in [0.2, 0.25) is 0 Å². The number of amides is 2. The average Bonchev–Trinajstić information content (AvgIpc) is 3.02. The van der Waals surface area contributed by atoms with Crippen molar-refractivity contribution in [3.05, 3.63) is 45.8 Å². The molecule has 7 heteroatoms. The maximum Gasteiger partial charge on any atom is 0.251 e. The predicted octanol–water partition coefficient (Wildman–Crippen LogP) is 3.64. The summed E-state index contributed by atoms with van der Waals surface area (Å²) >= 11 is 1.45. The van der Waals surface area contributed by atoms with Crippen molar-refractivity contribution >= 4 is 34.2 Å². The lowest BCUT2D eigenvalue weighted by molar-refractivity contribution is -0.111. The number of ether oxygens (including phenoxy) is 2. The first-order valence-corrected chi connectivity index (χ1v) is 9.90. The molecule has 28 heavy (non-hydrogen) atoms. The Morgan fingerprint density at radius 1 is 1.25 bits per heavy atom. The van der Waals surface area contributed by atoms with Gasteiger partial charge in [-0.15, -0.1) is 11.3 Å². The molecule has 3 N–H and O–H groups in total. The molecule has 3 rings (SSSR count).